The molecule has 1 aromatic rings. The van der Waals surface area contributed by atoms with Crippen molar-refractivity contribution >= 4 is 34.7 Å². The van der Waals surface area contributed by atoms with Crippen LogP contribution in [0.25, 0.3) is 0 Å². The Morgan fingerprint density at radius 1 is 1.67 bits per heavy atom. The van der Waals surface area contributed by atoms with Gasteiger partial charge in [-0.25, -0.2) is 4.98 Å². The first-order chi connectivity index (χ1) is 7.29. The van der Waals surface area contributed by atoms with E-state index in [0.29, 0.717) is 11.3 Å². The summed E-state index contributed by atoms with van der Waals surface area (Å²) in [4.78, 5) is 4.92. The predicted molar refractivity (Wildman–Crippen MR) is 62.7 cm³/mol. The van der Waals surface area contributed by atoms with Crippen molar-refractivity contribution in [3.8, 4) is 0 Å². The van der Waals surface area contributed by atoms with E-state index in [1.165, 1.54) is 11.3 Å². The number of thioether (sulfide) groups is 1. The van der Waals surface area contributed by atoms with Crippen molar-refractivity contribution in [2.24, 2.45) is 0 Å². The van der Waals surface area contributed by atoms with Gasteiger partial charge < -0.3 is 9.84 Å². The molecule has 6 heteroatoms. The van der Waals surface area contributed by atoms with Gasteiger partial charge >= 0.3 is 0 Å². The molecule has 1 N–H and O–H groups in total. The lowest BCUT2D eigenvalue weighted by Crippen LogP contribution is -2.07. The fourth-order valence-electron chi connectivity index (χ4n) is 1.41. The number of rotatable bonds is 4. The summed E-state index contributed by atoms with van der Waals surface area (Å²) in [6, 6.07) is 0. The van der Waals surface area contributed by atoms with Gasteiger partial charge in [0.1, 0.15) is 5.15 Å². The molecule has 0 aliphatic carbocycles. The fraction of sp³-hybridized carbons (Fsp3) is 0.667. The van der Waals surface area contributed by atoms with Crippen molar-refractivity contribution in [3.63, 3.8) is 0 Å². The minimum atomic E-state index is -0.0308. The first-order valence-corrected chi connectivity index (χ1v) is 6.98. The Kier molecular flexibility index (Phi) is 4.28. The summed E-state index contributed by atoms with van der Waals surface area (Å²) in [5, 5.41) is 9.39. The van der Waals surface area contributed by atoms with Crippen molar-refractivity contribution in [1.82, 2.24) is 4.98 Å². The van der Waals surface area contributed by atoms with Crippen LogP contribution in [0.2, 0.25) is 5.15 Å². The van der Waals surface area contributed by atoms with Crippen LogP contribution < -0.4 is 0 Å². The molecule has 0 radical (unpaired) electrons. The van der Waals surface area contributed by atoms with Gasteiger partial charge in [-0.05, 0) is 12.8 Å². The van der Waals surface area contributed by atoms with Gasteiger partial charge in [-0.2, -0.15) is 0 Å². The fourth-order valence-corrected chi connectivity index (χ4v) is 3.80. The van der Waals surface area contributed by atoms with E-state index < -0.39 is 0 Å². The number of hydrogen-bond acceptors (Lipinski definition) is 5. The second kappa shape index (κ2) is 5.50. The number of nitrogens with zero attached hydrogens (tertiary/aromatic N) is 1. The van der Waals surface area contributed by atoms with Gasteiger partial charge in [0, 0.05) is 12.4 Å². The van der Waals surface area contributed by atoms with Crippen molar-refractivity contribution < 1.29 is 9.84 Å². The molecule has 84 valence electrons. The van der Waals surface area contributed by atoms with Crippen molar-refractivity contribution in [3.05, 3.63) is 10.0 Å². The molecule has 1 aliphatic rings. The van der Waals surface area contributed by atoms with E-state index in [1.807, 2.05) is 0 Å². The molecule has 1 aliphatic heterocycles. The number of aliphatic hydroxyl groups is 1. The molecule has 0 saturated carbocycles. The SMILES string of the molecule is OCc1sc(SCC2CCCO2)nc1Cl. The van der Waals surface area contributed by atoms with Crippen LogP contribution >= 0.6 is 34.7 Å². The quantitative estimate of drug-likeness (QED) is 0.850. The molecule has 0 spiro atoms. The average molecular weight is 266 g/mol. The highest BCUT2D eigenvalue weighted by Crippen LogP contribution is 2.31. The molecule has 1 aromatic heterocycles. The van der Waals surface area contributed by atoms with Gasteiger partial charge in [-0.3, -0.25) is 0 Å². The van der Waals surface area contributed by atoms with E-state index in [0.717, 1.165) is 34.4 Å². The van der Waals surface area contributed by atoms with Gasteiger partial charge in [0.15, 0.2) is 4.34 Å². The van der Waals surface area contributed by atoms with Crippen LogP contribution in [0.15, 0.2) is 4.34 Å². The second-order valence-electron chi connectivity index (χ2n) is 3.30. The molecule has 15 heavy (non-hydrogen) atoms. The second-order valence-corrected chi connectivity index (χ2v) is 6.01. The molecule has 0 aromatic carbocycles. The zero-order valence-electron chi connectivity index (χ0n) is 8.11. The molecular formula is C9H12ClNO2S2. The third-order valence-electron chi connectivity index (χ3n) is 2.19. The maximum Gasteiger partial charge on any atom is 0.152 e. The van der Waals surface area contributed by atoms with Crippen LogP contribution in [0.1, 0.15) is 17.7 Å². The van der Waals surface area contributed by atoms with Crippen molar-refractivity contribution in [2.75, 3.05) is 12.4 Å². The van der Waals surface area contributed by atoms with Gasteiger partial charge in [0.05, 0.1) is 17.6 Å². The van der Waals surface area contributed by atoms with Gasteiger partial charge in [0.2, 0.25) is 0 Å². The summed E-state index contributed by atoms with van der Waals surface area (Å²) in [6.45, 7) is 0.850. The van der Waals surface area contributed by atoms with E-state index >= 15 is 0 Å². The molecule has 3 nitrogen and oxygen atoms in total. The normalized spacial score (nSPS) is 21.1. The van der Waals surface area contributed by atoms with Crippen molar-refractivity contribution in [2.45, 2.75) is 29.9 Å². The van der Waals surface area contributed by atoms with E-state index in [2.05, 4.69) is 4.98 Å². The number of thiazole rings is 1. The Hall–Kier alpha value is 0.190. The number of aliphatic hydroxyl groups excluding tert-OH is 1. The maximum atomic E-state index is 8.96. The minimum absolute atomic E-state index is 0.0308. The summed E-state index contributed by atoms with van der Waals surface area (Å²) in [6.07, 6.45) is 2.65. The zero-order valence-corrected chi connectivity index (χ0v) is 10.5. The van der Waals surface area contributed by atoms with E-state index in [9.17, 15) is 0 Å². The topological polar surface area (TPSA) is 42.4 Å². The standard InChI is InChI=1S/C9H12ClNO2S2/c10-8-7(4-12)15-9(11-8)14-5-6-2-1-3-13-6/h6,12H,1-5H2. The largest absolute Gasteiger partial charge is 0.391 e. The Balaban J connectivity index is 1.87. The lowest BCUT2D eigenvalue weighted by atomic mass is 10.3. The Morgan fingerprint density at radius 2 is 2.53 bits per heavy atom. The number of halogens is 1. The van der Waals surface area contributed by atoms with Crippen LogP contribution in [-0.4, -0.2) is 28.6 Å². The minimum Gasteiger partial charge on any atom is -0.391 e. The molecule has 1 atom stereocenters. The molecule has 0 bridgehead atoms. The molecule has 1 fully saturated rings. The van der Waals surface area contributed by atoms with Gasteiger partial charge in [-0.15, -0.1) is 11.3 Å². The Labute approximate surface area is 102 Å². The molecule has 0 amide bonds. The van der Waals surface area contributed by atoms with E-state index in [1.54, 1.807) is 11.8 Å². The van der Waals surface area contributed by atoms with E-state index in [-0.39, 0.29) is 6.61 Å². The average Bonchev–Trinajstić information content (AvgIpc) is 2.83. The zero-order chi connectivity index (χ0) is 10.7. The highest BCUT2D eigenvalue weighted by molar-refractivity contribution is 8.01. The number of ether oxygens (including phenoxy) is 1. The maximum absolute atomic E-state index is 8.96. The number of aromatic nitrogens is 1. The molecule has 1 saturated heterocycles. The summed E-state index contributed by atoms with van der Waals surface area (Å²) in [5.41, 5.74) is 0. The third kappa shape index (κ3) is 3.07. The monoisotopic (exact) mass is 265 g/mol. The summed E-state index contributed by atoms with van der Waals surface area (Å²) in [5.74, 6) is 0.925. The third-order valence-corrected chi connectivity index (χ3v) is 4.93. The first-order valence-electron chi connectivity index (χ1n) is 4.80. The summed E-state index contributed by atoms with van der Waals surface area (Å²) >= 11 is 8.95. The molecular weight excluding hydrogens is 254 g/mol. The van der Waals surface area contributed by atoms with E-state index in [4.69, 9.17) is 21.4 Å². The van der Waals surface area contributed by atoms with Crippen LogP contribution in [0.3, 0.4) is 0 Å². The van der Waals surface area contributed by atoms with Gasteiger partial charge in [-0.1, -0.05) is 23.4 Å². The molecule has 2 heterocycles. The lowest BCUT2D eigenvalue weighted by Gasteiger charge is -2.05. The lowest BCUT2D eigenvalue weighted by molar-refractivity contribution is 0.129. The Morgan fingerprint density at radius 3 is 3.13 bits per heavy atom. The van der Waals surface area contributed by atoms with Crippen LogP contribution in [0, 0.1) is 0 Å². The predicted octanol–water partition coefficient (Wildman–Crippen LogP) is 2.56. The van der Waals surface area contributed by atoms with Crippen molar-refractivity contribution in [1.29, 1.82) is 0 Å². The van der Waals surface area contributed by atoms with Crippen LogP contribution in [-0.2, 0) is 11.3 Å². The highest BCUT2D eigenvalue weighted by atomic mass is 35.5. The smallest absolute Gasteiger partial charge is 0.152 e. The summed E-state index contributed by atoms with van der Waals surface area (Å²) < 4.78 is 6.43. The molecule has 2 rings (SSSR count). The van der Waals surface area contributed by atoms with Crippen LogP contribution in [0.5, 0.6) is 0 Å². The number of hydrogen-bond donors (Lipinski definition) is 1. The van der Waals surface area contributed by atoms with Crippen LogP contribution in [0.4, 0.5) is 0 Å². The molecule has 1 unspecified atom stereocenters. The first kappa shape index (κ1) is 11.7. The van der Waals surface area contributed by atoms with Gasteiger partial charge in [0.25, 0.3) is 0 Å². The Bertz CT molecular complexity index is 326. The highest BCUT2D eigenvalue weighted by Gasteiger charge is 2.17. The summed E-state index contributed by atoms with van der Waals surface area (Å²) in [7, 11) is 0.